The van der Waals surface area contributed by atoms with Crippen LogP contribution < -0.4 is 10.1 Å². The number of morpholine rings is 1. The van der Waals surface area contributed by atoms with Gasteiger partial charge in [-0.1, -0.05) is 41.4 Å². The van der Waals surface area contributed by atoms with Crippen LogP contribution in [-0.4, -0.2) is 78.4 Å². The molecule has 0 saturated carbocycles. The van der Waals surface area contributed by atoms with Gasteiger partial charge in [0, 0.05) is 55.9 Å². The van der Waals surface area contributed by atoms with Crippen molar-refractivity contribution in [2.24, 2.45) is 5.10 Å². The lowest BCUT2D eigenvalue weighted by Crippen LogP contribution is -2.38. The van der Waals surface area contributed by atoms with Crippen LogP contribution in [0.5, 0.6) is 5.75 Å². The van der Waals surface area contributed by atoms with Gasteiger partial charge in [-0.05, 0) is 57.0 Å². The molecule has 0 bridgehead atoms. The lowest BCUT2D eigenvalue weighted by Gasteiger charge is -2.26. The van der Waals surface area contributed by atoms with Gasteiger partial charge in [0.15, 0.2) is 0 Å². The van der Waals surface area contributed by atoms with Gasteiger partial charge in [0.05, 0.1) is 37.1 Å². The van der Waals surface area contributed by atoms with E-state index in [1.807, 2.05) is 62.4 Å². The highest BCUT2D eigenvalue weighted by Crippen LogP contribution is 2.38. The van der Waals surface area contributed by atoms with Gasteiger partial charge in [-0.15, -0.1) is 0 Å². The lowest BCUT2D eigenvalue weighted by atomic mass is 9.97. The van der Waals surface area contributed by atoms with E-state index in [1.54, 1.807) is 5.01 Å². The van der Waals surface area contributed by atoms with Crippen molar-refractivity contribution >= 4 is 40.0 Å². The Labute approximate surface area is 258 Å². The molecule has 1 N–H and O–H groups in total. The Morgan fingerprint density at radius 2 is 1.86 bits per heavy atom. The average Bonchev–Trinajstić information content (AvgIpc) is 3.45. The number of aryl methyl sites for hydroxylation is 1. The number of amides is 2. The molecule has 2 aromatic carbocycles. The summed E-state index contributed by atoms with van der Waals surface area (Å²) in [4.78, 5) is 33.0. The summed E-state index contributed by atoms with van der Waals surface area (Å²) in [6.07, 6.45) is 2.35. The zero-order valence-corrected chi connectivity index (χ0v) is 25.7. The average molecular weight is 606 g/mol. The summed E-state index contributed by atoms with van der Waals surface area (Å²) in [6, 6.07) is 15.5. The first-order chi connectivity index (χ1) is 20.9. The molecule has 1 unspecified atom stereocenters. The van der Waals surface area contributed by atoms with Crippen molar-refractivity contribution in [1.82, 2.24) is 20.2 Å². The number of fused-ring (bicyclic) bond motifs is 1. The van der Waals surface area contributed by atoms with Gasteiger partial charge in [-0.3, -0.25) is 14.5 Å². The Morgan fingerprint density at radius 3 is 2.63 bits per heavy atom. The van der Waals surface area contributed by atoms with Crippen molar-refractivity contribution < 1.29 is 19.1 Å². The molecule has 1 atom stereocenters. The standard InChI is InChI=1S/C33H40ClN5O4/c1-3-43-26-13-12-25-20-27(33(34)36-28(25)21-26)30-22-29(24-10-8-23(2)9-11-24)37-39(30)32(41)7-4-6-31(40)35-14-5-15-38-16-18-42-19-17-38/h8-13,20-21,30H,3-7,14-19,22H2,1-2H3,(H,35,40). The van der Waals surface area contributed by atoms with E-state index >= 15 is 0 Å². The maximum atomic E-state index is 13.6. The maximum Gasteiger partial charge on any atom is 0.243 e. The summed E-state index contributed by atoms with van der Waals surface area (Å²) in [6.45, 7) is 9.53. The topological polar surface area (TPSA) is 96.4 Å². The number of nitrogens with zero attached hydrogens (tertiary/aromatic N) is 4. The van der Waals surface area contributed by atoms with Crippen molar-refractivity contribution in [1.29, 1.82) is 0 Å². The zero-order chi connectivity index (χ0) is 30.2. The Hall–Kier alpha value is -3.53. The SMILES string of the molecule is CCOc1ccc2cc(C3CC(c4ccc(C)cc4)=NN3C(=O)CCCC(=O)NCCCN3CCOCC3)c(Cl)nc2c1. The molecule has 5 rings (SSSR count). The van der Waals surface area contributed by atoms with E-state index in [1.165, 1.54) is 0 Å². The van der Waals surface area contributed by atoms with Gasteiger partial charge in [0.1, 0.15) is 10.9 Å². The highest BCUT2D eigenvalue weighted by molar-refractivity contribution is 6.30. The van der Waals surface area contributed by atoms with Crippen LogP contribution in [0.3, 0.4) is 0 Å². The lowest BCUT2D eigenvalue weighted by molar-refractivity contribution is -0.133. The minimum atomic E-state index is -0.395. The molecular formula is C33H40ClN5O4. The second-order valence-electron chi connectivity index (χ2n) is 11.0. The predicted molar refractivity (Wildman–Crippen MR) is 169 cm³/mol. The van der Waals surface area contributed by atoms with Crippen LogP contribution in [0, 0.1) is 6.92 Å². The van der Waals surface area contributed by atoms with Gasteiger partial charge in [0.2, 0.25) is 11.8 Å². The number of ether oxygens (including phenoxy) is 2. The number of hydrogen-bond acceptors (Lipinski definition) is 7. The molecule has 3 heterocycles. The molecule has 0 radical (unpaired) electrons. The first-order valence-corrected chi connectivity index (χ1v) is 15.6. The van der Waals surface area contributed by atoms with E-state index < -0.39 is 6.04 Å². The Bertz CT molecular complexity index is 1460. The van der Waals surface area contributed by atoms with Gasteiger partial charge in [-0.25, -0.2) is 9.99 Å². The zero-order valence-electron chi connectivity index (χ0n) is 25.0. The minimum absolute atomic E-state index is 0.0372. The maximum absolute atomic E-state index is 13.6. The molecule has 1 saturated heterocycles. The number of halogens is 1. The highest BCUT2D eigenvalue weighted by atomic mass is 35.5. The van der Waals surface area contributed by atoms with E-state index in [0.29, 0.717) is 31.1 Å². The second-order valence-corrected chi connectivity index (χ2v) is 11.4. The number of rotatable bonds is 12. The number of nitrogens with one attached hydrogen (secondary N) is 1. The van der Waals surface area contributed by atoms with Crippen molar-refractivity contribution in [3.8, 4) is 5.75 Å². The fraction of sp³-hybridized carbons (Fsp3) is 0.455. The molecule has 2 aliphatic rings. The number of carbonyl (C=O) groups excluding carboxylic acids is 2. The Morgan fingerprint density at radius 1 is 1.07 bits per heavy atom. The molecule has 228 valence electrons. The summed E-state index contributed by atoms with van der Waals surface area (Å²) in [5.41, 5.74) is 4.41. The molecule has 0 spiro atoms. The third kappa shape index (κ3) is 8.10. The van der Waals surface area contributed by atoms with Crippen molar-refractivity contribution in [2.45, 2.75) is 52.0 Å². The monoisotopic (exact) mass is 605 g/mol. The Balaban J connectivity index is 1.24. The number of carbonyl (C=O) groups is 2. The summed E-state index contributed by atoms with van der Waals surface area (Å²) < 4.78 is 11.0. The van der Waals surface area contributed by atoms with Gasteiger partial charge in [-0.2, -0.15) is 5.10 Å². The van der Waals surface area contributed by atoms with Crippen LogP contribution in [0.25, 0.3) is 10.9 Å². The number of pyridine rings is 1. The number of benzene rings is 2. The van der Waals surface area contributed by atoms with Crippen LogP contribution in [0.4, 0.5) is 0 Å². The molecule has 0 aliphatic carbocycles. The summed E-state index contributed by atoms with van der Waals surface area (Å²) in [7, 11) is 0. The first kappa shape index (κ1) is 30.9. The van der Waals surface area contributed by atoms with Crippen molar-refractivity contribution in [3.05, 3.63) is 70.4 Å². The van der Waals surface area contributed by atoms with Crippen LogP contribution in [0.2, 0.25) is 5.15 Å². The van der Waals surface area contributed by atoms with E-state index in [-0.39, 0.29) is 24.7 Å². The second kappa shape index (κ2) is 14.8. The number of hydrogen-bond donors (Lipinski definition) is 1. The van der Waals surface area contributed by atoms with E-state index in [0.717, 1.165) is 78.3 Å². The summed E-state index contributed by atoms with van der Waals surface area (Å²) >= 11 is 6.75. The number of aromatic nitrogens is 1. The molecule has 2 aliphatic heterocycles. The number of hydrazone groups is 1. The summed E-state index contributed by atoms with van der Waals surface area (Å²) in [5.74, 6) is 0.551. The predicted octanol–water partition coefficient (Wildman–Crippen LogP) is 5.28. The van der Waals surface area contributed by atoms with Gasteiger partial charge in [0.25, 0.3) is 0 Å². The highest BCUT2D eigenvalue weighted by Gasteiger charge is 2.34. The van der Waals surface area contributed by atoms with Gasteiger partial charge >= 0.3 is 0 Å². The fourth-order valence-electron chi connectivity index (χ4n) is 5.49. The van der Waals surface area contributed by atoms with Crippen LogP contribution >= 0.6 is 11.6 Å². The van der Waals surface area contributed by atoms with E-state index in [4.69, 9.17) is 26.2 Å². The largest absolute Gasteiger partial charge is 0.494 e. The van der Waals surface area contributed by atoms with Crippen LogP contribution in [0.15, 0.2) is 53.6 Å². The van der Waals surface area contributed by atoms with Gasteiger partial charge < -0.3 is 14.8 Å². The molecule has 9 nitrogen and oxygen atoms in total. The third-order valence-electron chi connectivity index (χ3n) is 7.86. The quantitative estimate of drug-likeness (QED) is 0.223. The fourth-order valence-corrected chi connectivity index (χ4v) is 5.76. The van der Waals surface area contributed by atoms with Crippen molar-refractivity contribution in [2.75, 3.05) is 46.0 Å². The molecule has 43 heavy (non-hydrogen) atoms. The third-order valence-corrected chi connectivity index (χ3v) is 8.16. The smallest absolute Gasteiger partial charge is 0.243 e. The van der Waals surface area contributed by atoms with Crippen LogP contribution in [0.1, 0.15) is 61.8 Å². The first-order valence-electron chi connectivity index (χ1n) is 15.2. The Kier molecular flexibility index (Phi) is 10.6. The normalized spacial score (nSPS) is 17.2. The molecule has 1 fully saturated rings. The molecule has 3 aromatic rings. The van der Waals surface area contributed by atoms with Crippen molar-refractivity contribution in [3.63, 3.8) is 0 Å². The molecule has 1 aromatic heterocycles. The molecule has 2 amide bonds. The minimum Gasteiger partial charge on any atom is -0.494 e. The van der Waals surface area contributed by atoms with E-state index in [9.17, 15) is 9.59 Å². The molecular weight excluding hydrogens is 566 g/mol. The van der Waals surface area contributed by atoms with Crippen LogP contribution in [-0.2, 0) is 14.3 Å². The summed E-state index contributed by atoms with van der Waals surface area (Å²) in [5, 5.41) is 10.6. The van der Waals surface area contributed by atoms with E-state index in [2.05, 4.69) is 15.2 Å². The molecule has 10 heteroatoms.